The van der Waals surface area contributed by atoms with Crippen molar-refractivity contribution in [3.05, 3.63) is 65.7 Å². The third-order valence-corrected chi connectivity index (χ3v) is 3.43. The van der Waals surface area contributed by atoms with E-state index >= 15 is 0 Å². The molecule has 1 N–H and O–H groups in total. The first-order valence-electron chi connectivity index (χ1n) is 6.64. The van der Waals surface area contributed by atoms with Gasteiger partial charge in [0, 0.05) is 11.1 Å². The van der Waals surface area contributed by atoms with Crippen LogP contribution in [0.3, 0.4) is 0 Å². The average Bonchev–Trinajstić information content (AvgIpc) is 2.86. The van der Waals surface area contributed by atoms with Gasteiger partial charge in [-0.1, -0.05) is 18.2 Å². The van der Waals surface area contributed by atoms with Crippen molar-refractivity contribution in [3.8, 4) is 0 Å². The molecule has 1 atom stereocenters. The second-order valence-electron chi connectivity index (χ2n) is 5.01. The van der Waals surface area contributed by atoms with Crippen LogP contribution in [0.1, 0.15) is 24.3 Å². The zero-order valence-corrected chi connectivity index (χ0v) is 11.5. The number of benzene rings is 2. The van der Waals surface area contributed by atoms with E-state index < -0.39 is 0 Å². The number of rotatable bonds is 3. The van der Waals surface area contributed by atoms with Gasteiger partial charge in [0.05, 0.1) is 6.04 Å². The number of fused-ring (bicyclic) bond motifs is 1. The largest absolute Gasteiger partial charge is 0.459 e. The Hall–Kier alpha value is -2.29. The normalized spacial score (nSPS) is 12.6. The summed E-state index contributed by atoms with van der Waals surface area (Å²) in [7, 11) is 0. The van der Waals surface area contributed by atoms with Crippen molar-refractivity contribution in [2.45, 2.75) is 19.9 Å². The fraction of sp³-hybridized carbons (Fsp3) is 0.176. The van der Waals surface area contributed by atoms with Crippen molar-refractivity contribution >= 4 is 16.7 Å². The Morgan fingerprint density at radius 1 is 1.10 bits per heavy atom. The standard InChI is InChI=1S/C17H16FNO/c1-11-9-14(18)7-8-15(11)19-12(2)17-10-13-5-3-4-6-16(13)20-17/h3-10,12,19H,1-2H3. The summed E-state index contributed by atoms with van der Waals surface area (Å²) in [6.07, 6.45) is 0. The maximum absolute atomic E-state index is 13.1. The lowest BCUT2D eigenvalue weighted by molar-refractivity contribution is 0.526. The van der Waals surface area contributed by atoms with Gasteiger partial charge >= 0.3 is 0 Å². The Balaban J connectivity index is 1.86. The minimum atomic E-state index is -0.218. The third kappa shape index (κ3) is 2.39. The quantitative estimate of drug-likeness (QED) is 0.719. The Kier molecular flexibility index (Phi) is 3.18. The molecule has 1 aromatic heterocycles. The average molecular weight is 269 g/mol. The molecule has 2 nitrogen and oxygen atoms in total. The van der Waals surface area contributed by atoms with Gasteiger partial charge in [0.2, 0.25) is 0 Å². The lowest BCUT2D eigenvalue weighted by atomic mass is 10.1. The zero-order valence-electron chi connectivity index (χ0n) is 11.5. The molecule has 0 radical (unpaired) electrons. The van der Waals surface area contributed by atoms with E-state index in [2.05, 4.69) is 5.32 Å². The van der Waals surface area contributed by atoms with E-state index in [1.54, 1.807) is 6.07 Å². The Morgan fingerprint density at radius 3 is 2.65 bits per heavy atom. The molecule has 102 valence electrons. The molecule has 0 saturated heterocycles. The van der Waals surface area contributed by atoms with Crippen LogP contribution < -0.4 is 5.32 Å². The molecule has 20 heavy (non-hydrogen) atoms. The molecule has 1 unspecified atom stereocenters. The van der Waals surface area contributed by atoms with Gasteiger partial charge in [0.25, 0.3) is 0 Å². The maximum atomic E-state index is 13.1. The van der Waals surface area contributed by atoms with Crippen LogP contribution in [-0.4, -0.2) is 0 Å². The lowest BCUT2D eigenvalue weighted by Gasteiger charge is -2.15. The molecule has 0 spiro atoms. The fourth-order valence-electron chi connectivity index (χ4n) is 2.31. The van der Waals surface area contributed by atoms with E-state index in [0.29, 0.717) is 0 Å². The van der Waals surface area contributed by atoms with Gasteiger partial charge in [0.15, 0.2) is 0 Å². The van der Waals surface area contributed by atoms with Crippen LogP contribution in [0, 0.1) is 12.7 Å². The Bertz CT molecular complexity index is 715. The van der Waals surface area contributed by atoms with Crippen LogP contribution in [0.4, 0.5) is 10.1 Å². The van der Waals surface area contributed by atoms with Crippen LogP contribution in [0.5, 0.6) is 0 Å². The van der Waals surface area contributed by atoms with Crippen molar-refractivity contribution in [2.75, 3.05) is 5.32 Å². The van der Waals surface area contributed by atoms with Crippen LogP contribution in [-0.2, 0) is 0 Å². The van der Waals surface area contributed by atoms with Gasteiger partial charge < -0.3 is 9.73 Å². The summed E-state index contributed by atoms with van der Waals surface area (Å²) in [6, 6.07) is 14.7. The summed E-state index contributed by atoms with van der Waals surface area (Å²) in [4.78, 5) is 0. The summed E-state index contributed by atoms with van der Waals surface area (Å²) < 4.78 is 18.9. The molecule has 0 aliphatic carbocycles. The first-order chi connectivity index (χ1) is 9.63. The highest BCUT2D eigenvalue weighted by Gasteiger charge is 2.12. The van der Waals surface area contributed by atoms with Crippen molar-refractivity contribution < 1.29 is 8.81 Å². The molecule has 0 fully saturated rings. The number of hydrogen-bond acceptors (Lipinski definition) is 2. The molecule has 0 amide bonds. The molecule has 3 heteroatoms. The number of nitrogens with one attached hydrogen (secondary N) is 1. The van der Waals surface area contributed by atoms with Crippen LogP contribution in [0.25, 0.3) is 11.0 Å². The number of hydrogen-bond donors (Lipinski definition) is 1. The molecule has 3 rings (SSSR count). The Morgan fingerprint density at radius 2 is 1.90 bits per heavy atom. The number of aryl methyl sites for hydroxylation is 1. The number of furan rings is 1. The SMILES string of the molecule is Cc1cc(F)ccc1NC(C)c1cc2ccccc2o1. The molecule has 2 aromatic carbocycles. The minimum absolute atomic E-state index is 0.0200. The zero-order chi connectivity index (χ0) is 14.1. The van der Waals surface area contributed by atoms with Gasteiger partial charge in [-0.3, -0.25) is 0 Å². The van der Waals surface area contributed by atoms with Crippen LogP contribution >= 0.6 is 0 Å². The summed E-state index contributed by atoms with van der Waals surface area (Å²) in [5, 5.41) is 4.44. The fourth-order valence-corrected chi connectivity index (χ4v) is 2.31. The molecular formula is C17H16FNO. The highest BCUT2D eigenvalue weighted by molar-refractivity contribution is 5.77. The lowest BCUT2D eigenvalue weighted by Crippen LogP contribution is -2.06. The van der Waals surface area contributed by atoms with Gasteiger partial charge in [-0.05, 0) is 49.7 Å². The molecule has 3 aromatic rings. The van der Waals surface area contributed by atoms with E-state index in [0.717, 1.165) is 28.0 Å². The second kappa shape index (κ2) is 5.00. The van der Waals surface area contributed by atoms with E-state index in [4.69, 9.17) is 4.42 Å². The smallest absolute Gasteiger partial charge is 0.134 e. The monoisotopic (exact) mass is 269 g/mol. The van der Waals surface area contributed by atoms with E-state index in [9.17, 15) is 4.39 Å². The van der Waals surface area contributed by atoms with Gasteiger partial charge in [-0.2, -0.15) is 0 Å². The summed E-state index contributed by atoms with van der Waals surface area (Å²) in [6.45, 7) is 3.91. The maximum Gasteiger partial charge on any atom is 0.134 e. The topological polar surface area (TPSA) is 25.2 Å². The molecule has 0 aliphatic heterocycles. The predicted molar refractivity (Wildman–Crippen MR) is 79.4 cm³/mol. The molecule has 0 bridgehead atoms. The summed E-state index contributed by atoms with van der Waals surface area (Å²) in [5.41, 5.74) is 2.68. The van der Waals surface area contributed by atoms with E-state index in [1.807, 2.05) is 44.2 Å². The van der Waals surface area contributed by atoms with Gasteiger partial charge in [-0.25, -0.2) is 4.39 Å². The van der Waals surface area contributed by atoms with Gasteiger partial charge in [0.1, 0.15) is 17.2 Å². The molecule has 0 saturated carbocycles. The number of anilines is 1. The van der Waals surface area contributed by atoms with Crippen molar-refractivity contribution in [3.63, 3.8) is 0 Å². The molecule has 1 heterocycles. The Labute approximate surface area is 117 Å². The third-order valence-electron chi connectivity index (χ3n) is 3.43. The predicted octanol–water partition coefficient (Wildman–Crippen LogP) is 5.05. The highest BCUT2D eigenvalue weighted by Crippen LogP contribution is 2.27. The van der Waals surface area contributed by atoms with Crippen molar-refractivity contribution in [1.82, 2.24) is 0 Å². The van der Waals surface area contributed by atoms with E-state index in [-0.39, 0.29) is 11.9 Å². The minimum Gasteiger partial charge on any atom is -0.459 e. The molecular weight excluding hydrogens is 253 g/mol. The van der Waals surface area contributed by atoms with Crippen LogP contribution in [0.2, 0.25) is 0 Å². The first kappa shape index (κ1) is 12.7. The summed E-state index contributed by atoms with van der Waals surface area (Å²) in [5.74, 6) is 0.652. The van der Waals surface area contributed by atoms with Gasteiger partial charge in [-0.15, -0.1) is 0 Å². The summed E-state index contributed by atoms with van der Waals surface area (Å²) >= 11 is 0. The molecule has 0 aliphatic rings. The number of para-hydroxylation sites is 1. The first-order valence-corrected chi connectivity index (χ1v) is 6.64. The van der Waals surface area contributed by atoms with Crippen molar-refractivity contribution in [1.29, 1.82) is 0 Å². The van der Waals surface area contributed by atoms with Crippen molar-refractivity contribution in [2.24, 2.45) is 0 Å². The second-order valence-corrected chi connectivity index (χ2v) is 5.01. The number of halogens is 1. The van der Waals surface area contributed by atoms with E-state index in [1.165, 1.54) is 12.1 Å². The highest BCUT2D eigenvalue weighted by atomic mass is 19.1. The van der Waals surface area contributed by atoms with Crippen LogP contribution in [0.15, 0.2) is 52.9 Å².